The van der Waals surface area contributed by atoms with E-state index >= 15 is 0 Å². The van der Waals surface area contributed by atoms with Gasteiger partial charge in [-0.3, -0.25) is 9.59 Å². The van der Waals surface area contributed by atoms with Crippen molar-refractivity contribution in [1.29, 1.82) is 0 Å². The second-order valence-corrected chi connectivity index (χ2v) is 9.31. The number of amides is 2. The molecule has 4 aliphatic rings. The molecule has 0 atom stereocenters. The van der Waals surface area contributed by atoms with E-state index in [0.29, 0.717) is 10.7 Å². The van der Waals surface area contributed by atoms with Crippen molar-refractivity contribution in [1.82, 2.24) is 10.7 Å². The van der Waals surface area contributed by atoms with Crippen molar-refractivity contribution < 1.29 is 14.7 Å². The van der Waals surface area contributed by atoms with Gasteiger partial charge in [-0.25, -0.2) is 5.43 Å². The second-order valence-electron chi connectivity index (χ2n) is 8.87. The minimum Gasteiger partial charge on any atom is -0.507 e. The quantitative estimate of drug-likeness (QED) is 0.518. The van der Waals surface area contributed by atoms with Gasteiger partial charge in [0.15, 0.2) is 0 Å². The Morgan fingerprint density at radius 1 is 1.18 bits per heavy atom. The molecule has 150 valence electrons. The molecule has 0 heterocycles. The maximum atomic E-state index is 12.6. The third kappa shape index (κ3) is 4.02. The zero-order chi connectivity index (χ0) is 19.9. The highest BCUT2D eigenvalue weighted by Crippen LogP contribution is 2.55. The zero-order valence-corrected chi connectivity index (χ0v) is 16.8. The van der Waals surface area contributed by atoms with Gasteiger partial charge in [0.1, 0.15) is 5.75 Å². The van der Waals surface area contributed by atoms with Crippen molar-refractivity contribution in [2.45, 2.75) is 57.4 Å². The van der Waals surface area contributed by atoms with Gasteiger partial charge in [0.05, 0.1) is 12.0 Å². The van der Waals surface area contributed by atoms with Crippen LogP contribution in [-0.4, -0.2) is 28.2 Å². The summed E-state index contributed by atoms with van der Waals surface area (Å²) >= 11 is 5.86. The summed E-state index contributed by atoms with van der Waals surface area (Å²) in [5, 5.41) is 17.4. The molecule has 0 spiro atoms. The zero-order valence-electron chi connectivity index (χ0n) is 16.0. The fourth-order valence-electron chi connectivity index (χ4n) is 5.77. The Hall–Kier alpha value is -2.08. The fraction of sp³-hybridized carbons (Fsp3) is 0.571. The number of carbonyl (C=O) groups is 2. The van der Waals surface area contributed by atoms with Crippen LogP contribution >= 0.6 is 11.6 Å². The lowest BCUT2D eigenvalue weighted by atomic mass is 9.53. The Labute approximate surface area is 169 Å². The summed E-state index contributed by atoms with van der Waals surface area (Å²) < 4.78 is 0. The van der Waals surface area contributed by atoms with Crippen LogP contribution in [0, 0.1) is 17.8 Å². The molecule has 0 radical (unpaired) electrons. The second kappa shape index (κ2) is 7.39. The number of nitrogens with zero attached hydrogens (tertiary/aromatic N) is 1. The van der Waals surface area contributed by atoms with E-state index in [4.69, 9.17) is 11.6 Å². The number of phenols is 1. The highest BCUT2D eigenvalue weighted by atomic mass is 35.5. The van der Waals surface area contributed by atoms with Crippen LogP contribution in [0.25, 0.3) is 0 Å². The van der Waals surface area contributed by atoms with Crippen LogP contribution in [0.1, 0.15) is 62.2 Å². The number of rotatable bonds is 5. The summed E-state index contributed by atoms with van der Waals surface area (Å²) in [6.45, 7) is 1.71. The SMILES string of the molecule is C/C(CC(=O)NC12CC3CC(CC(C3)C1)C2)=N\NC(=O)c1cc(Cl)ccc1O. The van der Waals surface area contributed by atoms with Crippen molar-refractivity contribution in [2.75, 3.05) is 0 Å². The molecule has 1 aromatic carbocycles. The predicted molar refractivity (Wildman–Crippen MR) is 107 cm³/mol. The van der Waals surface area contributed by atoms with Gasteiger partial charge in [0.25, 0.3) is 5.91 Å². The standard InChI is InChI=1S/C21H26ClN3O3/c1-12(24-25-20(28)17-8-16(22)2-3-18(17)26)4-19(27)23-21-9-13-5-14(10-21)7-15(6-13)11-21/h2-3,8,13-15,26H,4-7,9-11H2,1H3,(H,23,27)(H,25,28)/b24-12+. The predicted octanol–water partition coefficient (Wildman–Crippen LogP) is 3.63. The van der Waals surface area contributed by atoms with Crippen LogP contribution in [-0.2, 0) is 4.79 Å². The topological polar surface area (TPSA) is 90.8 Å². The van der Waals surface area contributed by atoms with Crippen LogP contribution in [0.5, 0.6) is 5.75 Å². The number of carbonyl (C=O) groups excluding carboxylic acids is 2. The Morgan fingerprint density at radius 3 is 2.39 bits per heavy atom. The van der Waals surface area contributed by atoms with Gasteiger partial charge in [0.2, 0.25) is 5.91 Å². The molecule has 5 rings (SSSR count). The molecule has 0 saturated heterocycles. The fourth-order valence-corrected chi connectivity index (χ4v) is 5.94. The molecule has 0 unspecified atom stereocenters. The smallest absolute Gasteiger partial charge is 0.275 e. The minimum atomic E-state index is -0.569. The first kappa shape index (κ1) is 19.2. The largest absolute Gasteiger partial charge is 0.507 e. The molecule has 2 amide bonds. The van der Waals surface area contributed by atoms with E-state index < -0.39 is 5.91 Å². The van der Waals surface area contributed by atoms with E-state index in [0.717, 1.165) is 37.0 Å². The van der Waals surface area contributed by atoms with E-state index in [1.165, 1.54) is 37.5 Å². The Bertz CT molecular complexity index is 801. The molecule has 4 bridgehead atoms. The molecule has 4 fully saturated rings. The molecule has 4 aliphatic carbocycles. The van der Waals surface area contributed by atoms with Crippen LogP contribution in [0.3, 0.4) is 0 Å². The number of hydrogen-bond acceptors (Lipinski definition) is 4. The molecule has 28 heavy (non-hydrogen) atoms. The lowest BCUT2D eigenvalue weighted by Gasteiger charge is -2.56. The van der Waals surface area contributed by atoms with Gasteiger partial charge in [-0.2, -0.15) is 5.10 Å². The van der Waals surface area contributed by atoms with Crippen molar-refractivity contribution in [3.63, 3.8) is 0 Å². The summed E-state index contributed by atoms with van der Waals surface area (Å²) in [7, 11) is 0. The first-order valence-corrected chi connectivity index (χ1v) is 10.3. The van der Waals surface area contributed by atoms with Gasteiger partial charge in [-0.1, -0.05) is 11.6 Å². The maximum Gasteiger partial charge on any atom is 0.275 e. The third-order valence-corrected chi connectivity index (χ3v) is 6.65. The van der Waals surface area contributed by atoms with E-state index in [2.05, 4.69) is 15.8 Å². The molecule has 6 nitrogen and oxygen atoms in total. The van der Waals surface area contributed by atoms with Crippen molar-refractivity contribution in [3.8, 4) is 5.75 Å². The van der Waals surface area contributed by atoms with E-state index in [1.807, 2.05) is 0 Å². The molecule has 4 saturated carbocycles. The molecular formula is C21H26ClN3O3. The molecule has 3 N–H and O–H groups in total. The van der Waals surface area contributed by atoms with Gasteiger partial charge in [-0.15, -0.1) is 0 Å². The normalized spacial score (nSPS) is 30.9. The van der Waals surface area contributed by atoms with Crippen LogP contribution < -0.4 is 10.7 Å². The van der Waals surface area contributed by atoms with Crippen LogP contribution in [0.15, 0.2) is 23.3 Å². The minimum absolute atomic E-state index is 0.0259. The number of halogens is 1. The summed E-state index contributed by atoms with van der Waals surface area (Å²) in [6.07, 6.45) is 7.45. The molecule has 7 heteroatoms. The van der Waals surface area contributed by atoms with E-state index in [9.17, 15) is 14.7 Å². The van der Waals surface area contributed by atoms with Gasteiger partial charge in [-0.05, 0) is 81.4 Å². The maximum absolute atomic E-state index is 12.6. The summed E-state index contributed by atoms with van der Waals surface area (Å²) in [5.74, 6) is 1.53. The lowest BCUT2D eigenvalue weighted by Crippen LogP contribution is -2.60. The highest BCUT2D eigenvalue weighted by Gasteiger charge is 2.51. The van der Waals surface area contributed by atoms with E-state index in [-0.39, 0.29) is 29.2 Å². The first-order valence-electron chi connectivity index (χ1n) is 9.95. The molecule has 0 aromatic heterocycles. The average molecular weight is 404 g/mol. The Morgan fingerprint density at radius 2 is 1.79 bits per heavy atom. The summed E-state index contributed by atoms with van der Waals surface area (Å²) in [5.41, 5.74) is 2.91. The van der Waals surface area contributed by atoms with Crippen molar-refractivity contribution >= 4 is 29.1 Å². The first-order chi connectivity index (χ1) is 13.3. The number of aromatic hydroxyl groups is 1. The highest BCUT2D eigenvalue weighted by molar-refractivity contribution is 6.31. The van der Waals surface area contributed by atoms with E-state index in [1.54, 1.807) is 6.92 Å². The molecule has 0 aliphatic heterocycles. The van der Waals surface area contributed by atoms with Gasteiger partial charge in [0, 0.05) is 16.3 Å². The Kier molecular flexibility index (Phi) is 5.08. The summed E-state index contributed by atoms with van der Waals surface area (Å²) in [4.78, 5) is 24.8. The molecular weight excluding hydrogens is 378 g/mol. The van der Waals surface area contributed by atoms with Crippen LogP contribution in [0.4, 0.5) is 0 Å². The number of nitrogens with one attached hydrogen (secondary N) is 2. The third-order valence-electron chi connectivity index (χ3n) is 6.41. The van der Waals surface area contributed by atoms with Crippen LogP contribution in [0.2, 0.25) is 5.02 Å². The number of hydrogen-bond donors (Lipinski definition) is 3. The monoisotopic (exact) mass is 403 g/mol. The molecule has 1 aromatic rings. The summed E-state index contributed by atoms with van der Waals surface area (Å²) in [6, 6.07) is 4.22. The lowest BCUT2D eigenvalue weighted by molar-refractivity contribution is -0.125. The van der Waals surface area contributed by atoms with Crippen molar-refractivity contribution in [3.05, 3.63) is 28.8 Å². The number of phenolic OH excluding ortho intramolecular Hbond substituents is 1. The van der Waals surface area contributed by atoms with Crippen molar-refractivity contribution in [2.24, 2.45) is 22.9 Å². The Balaban J connectivity index is 1.33. The van der Waals surface area contributed by atoms with Gasteiger partial charge < -0.3 is 10.4 Å². The van der Waals surface area contributed by atoms with Gasteiger partial charge >= 0.3 is 0 Å². The number of hydrazone groups is 1. The average Bonchev–Trinajstić information content (AvgIpc) is 2.60. The number of benzene rings is 1.